The van der Waals surface area contributed by atoms with E-state index in [0.29, 0.717) is 39.0 Å². The molecule has 5 nitrogen and oxygen atoms in total. The normalized spacial score (nSPS) is 12.5. The van der Waals surface area contributed by atoms with Crippen LogP contribution in [0.25, 0.3) is 73.4 Å². The van der Waals surface area contributed by atoms with Crippen LogP contribution >= 0.6 is 22.7 Å². The lowest BCUT2D eigenvalue weighted by atomic mass is 10.0. The van der Waals surface area contributed by atoms with Crippen LogP contribution in [0.3, 0.4) is 0 Å². The van der Waals surface area contributed by atoms with Gasteiger partial charge in [0.2, 0.25) is 0 Å². The first-order chi connectivity index (χ1) is 26.1. The van der Waals surface area contributed by atoms with Gasteiger partial charge in [0.15, 0.2) is 5.58 Å². The van der Waals surface area contributed by atoms with E-state index in [0.717, 1.165) is 46.8 Å². The third-order valence-corrected chi connectivity index (χ3v) is 12.9. The second-order valence-electron chi connectivity index (χ2n) is 12.9. The standard InChI is InChI=1S/C43H24F3NO4S3/c44-43(45,46)54(48,49)51-29-23-35-32-20-25(26-15-18-40-33(21-26)30-10-4-6-12-38(30)52-40)14-17-37(32)50-42(35)36(24-29)47(27-8-2-1-3-9-27)28-16-19-41-34(22-28)31-11-5-7-13-39(31)53-41/h1-24H. The smallest absolute Gasteiger partial charge is 0.454 e. The van der Waals surface area contributed by atoms with Crippen molar-refractivity contribution in [2.45, 2.75) is 5.51 Å². The summed E-state index contributed by atoms with van der Waals surface area (Å²) in [7, 11) is -6.00. The van der Waals surface area contributed by atoms with Gasteiger partial charge in [-0.25, -0.2) is 0 Å². The van der Waals surface area contributed by atoms with E-state index in [2.05, 4.69) is 36.4 Å². The number of nitrogens with zero attached hydrogens (tertiary/aromatic N) is 1. The van der Waals surface area contributed by atoms with E-state index < -0.39 is 21.4 Å². The highest BCUT2D eigenvalue weighted by atomic mass is 32.2. The summed E-state index contributed by atoms with van der Waals surface area (Å²) < 4.78 is 82.1. The number of hydrogen-bond acceptors (Lipinski definition) is 7. The van der Waals surface area contributed by atoms with Crippen LogP contribution in [0, 0.1) is 0 Å². The number of thiophene rings is 2. The van der Waals surface area contributed by atoms with Crippen molar-refractivity contribution >= 4 is 112 Å². The zero-order chi connectivity index (χ0) is 36.8. The molecule has 7 aromatic carbocycles. The van der Waals surface area contributed by atoms with Gasteiger partial charge in [0.25, 0.3) is 0 Å². The fraction of sp³-hybridized carbons (Fsp3) is 0.0233. The first-order valence-electron chi connectivity index (χ1n) is 16.8. The van der Waals surface area contributed by atoms with Gasteiger partial charge in [-0.3, -0.25) is 0 Å². The lowest BCUT2D eigenvalue weighted by Gasteiger charge is -2.26. The average Bonchev–Trinajstić information content (AvgIpc) is 3.85. The van der Waals surface area contributed by atoms with E-state index in [1.54, 1.807) is 22.7 Å². The summed E-state index contributed by atoms with van der Waals surface area (Å²) >= 11 is 3.38. The summed E-state index contributed by atoms with van der Waals surface area (Å²) in [5.74, 6) is -0.503. The Bertz CT molecular complexity index is 3220. The molecule has 264 valence electrons. The van der Waals surface area contributed by atoms with E-state index in [-0.39, 0.29) is 0 Å². The van der Waals surface area contributed by atoms with E-state index >= 15 is 0 Å². The Hall–Kier alpha value is -5.88. The third kappa shape index (κ3) is 5.30. The summed E-state index contributed by atoms with van der Waals surface area (Å²) in [6.07, 6.45) is 0. The zero-order valence-corrected chi connectivity index (χ0v) is 30.2. The Morgan fingerprint density at radius 1 is 0.537 bits per heavy atom. The molecule has 0 unspecified atom stereocenters. The van der Waals surface area contributed by atoms with Crippen molar-refractivity contribution in [1.82, 2.24) is 0 Å². The van der Waals surface area contributed by atoms with Crippen molar-refractivity contribution in [1.29, 1.82) is 0 Å². The molecule has 0 atom stereocenters. The number of fused-ring (bicyclic) bond motifs is 9. The quantitative estimate of drug-likeness (QED) is 0.124. The van der Waals surface area contributed by atoms with Gasteiger partial charge in [-0.1, -0.05) is 66.7 Å². The SMILES string of the molecule is O=S(=O)(Oc1cc(N(c2ccccc2)c2ccc3sc4ccccc4c3c2)c2oc3ccc(-c4ccc5sc6ccccc6c5c4)cc3c2c1)C(F)(F)F. The number of anilines is 3. The highest BCUT2D eigenvalue weighted by Gasteiger charge is 2.48. The molecule has 10 rings (SSSR count). The number of halogens is 3. The molecule has 0 saturated carbocycles. The predicted molar refractivity (Wildman–Crippen MR) is 215 cm³/mol. The van der Waals surface area contributed by atoms with Crippen molar-refractivity contribution in [2.24, 2.45) is 0 Å². The van der Waals surface area contributed by atoms with Crippen LogP contribution < -0.4 is 9.08 Å². The average molecular weight is 772 g/mol. The van der Waals surface area contributed by atoms with E-state index in [1.165, 1.54) is 16.8 Å². The van der Waals surface area contributed by atoms with Gasteiger partial charge in [-0.2, -0.15) is 21.6 Å². The maximum Gasteiger partial charge on any atom is 0.534 e. The Kier molecular flexibility index (Phi) is 7.32. The minimum atomic E-state index is -6.00. The molecule has 0 bridgehead atoms. The second-order valence-corrected chi connectivity index (χ2v) is 16.6. The van der Waals surface area contributed by atoms with E-state index in [1.807, 2.05) is 102 Å². The Balaban J connectivity index is 1.22. The minimum absolute atomic E-state index is 0.300. The van der Waals surface area contributed by atoms with Crippen molar-refractivity contribution < 1.29 is 30.2 Å². The summed E-state index contributed by atoms with van der Waals surface area (Å²) in [5.41, 5.74) is -1.36. The summed E-state index contributed by atoms with van der Waals surface area (Å²) in [4.78, 5) is 1.85. The van der Waals surface area contributed by atoms with Gasteiger partial charge < -0.3 is 13.5 Å². The van der Waals surface area contributed by atoms with Crippen LogP contribution in [0.5, 0.6) is 5.75 Å². The Labute approximate surface area is 313 Å². The second kappa shape index (κ2) is 12.1. The molecule has 54 heavy (non-hydrogen) atoms. The van der Waals surface area contributed by atoms with Gasteiger partial charge in [-0.05, 0) is 83.9 Å². The lowest BCUT2D eigenvalue weighted by Crippen LogP contribution is -2.28. The number of alkyl halides is 3. The summed E-state index contributed by atoms with van der Waals surface area (Å²) in [6, 6.07) is 46.1. The van der Waals surface area contributed by atoms with Crippen molar-refractivity contribution in [3.63, 3.8) is 0 Å². The number of furan rings is 1. The van der Waals surface area contributed by atoms with Crippen LogP contribution in [-0.4, -0.2) is 13.9 Å². The molecular formula is C43H24F3NO4S3. The lowest BCUT2D eigenvalue weighted by molar-refractivity contribution is -0.0500. The van der Waals surface area contributed by atoms with Crippen LogP contribution in [-0.2, 0) is 10.1 Å². The molecule has 0 aliphatic carbocycles. The molecule has 11 heteroatoms. The van der Waals surface area contributed by atoms with Crippen LogP contribution in [0.2, 0.25) is 0 Å². The molecule has 0 spiro atoms. The molecule has 0 aliphatic heterocycles. The summed E-state index contributed by atoms with van der Waals surface area (Å²) in [6.45, 7) is 0. The number of rotatable bonds is 6. The minimum Gasteiger partial charge on any atom is -0.454 e. The van der Waals surface area contributed by atoms with Gasteiger partial charge in [0.1, 0.15) is 11.3 Å². The fourth-order valence-electron chi connectivity index (χ4n) is 7.17. The highest BCUT2D eigenvalue weighted by Crippen LogP contribution is 2.47. The first kappa shape index (κ1) is 32.7. The molecular weight excluding hydrogens is 748 g/mol. The molecule has 3 aromatic heterocycles. The van der Waals surface area contributed by atoms with Crippen LogP contribution in [0.4, 0.5) is 30.2 Å². The first-order valence-corrected chi connectivity index (χ1v) is 19.8. The summed E-state index contributed by atoms with van der Waals surface area (Å²) in [5, 5.41) is 5.32. The molecule has 0 N–H and O–H groups in total. The molecule has 0 amide bonds. The monoisotopic (exact) mass is 771 g/mol. The maximum atomic E-state index is 13.7. The van der Waals surface area contributed by atoms with Gasteiger partial charge in [0, 0.05) is 68.6 Å². The third-order valence-electron chi connectivity index (χ3n) is 9.60. The largest absolute Gasteiger partial charge is 0.534 e. The van der Waals surface area contributed by atoms with Gasteiger partial charge >= 0.3 is 15.6 Å². The highest BCUT2D eigenvalue weighted by molar-refractivity contribution is 7.88. The number of benzene rings is 7. The number of para-hydroxylation sites is 1. The molecule has 0 radical (unpaired) electrons. The topological polar surface area (TPSA) is 59.8 Å². The molecule has 0 saturated heterocycles. The van der Waals surface area contributed by atoms with Gasteiger partial charge in [-0.15, -0.1) is 22.7 Å². The van der Waals surface area contributed by atoms with Gasteiger partial charge in [0.05, 0.1) is 5.69 Å². The predicted octanol–water partition coefficient (Wildman–Crippen LogP) is 13.7. The molecule has 0 fully saturated rings. The number of hydrogen-bond donors (Lipinski definition) is 0. The van der Waals surface area contributed by atoms with E-state index in [9.17, 15) is 21.6 Å². The Morgan fingerprint density at radius 3 is 1.80 bits per heavy atom. The Morgan fingerprint density at radius 2 is 1.11 bits per heavy atom. The van der Waals surface area contributed by atoms with Crippen LogP contribution in [0.15, 0.2) is 150 Å². The molecule has 3 heterocycles. The molecule has 0 aliphatic rings. The molecule has 10 aromatic rings. The van der Waals surface area contributed by atoms with Crippen molar-refractivity contribution in [2.75, 3.05) is 4.90 Å². The van der Waals surface area contributed by atoms with Crippen molar-refractivity contribution in [3.05, 3.63) is 146 Å². The zero-order valence-electron chi connectivity index (χ0n) is 27.8. The maximum absolute atomic E-state index is 13.7. The van der Waals surface area contributed by atoms with Crippen molar-refractivity contribution in [3.8, 4) is 16.9 Å². The van der Waals surface area contributed by atoms with Crippen LogP contribution in [0.1, 0.15) is 0 Å². The van der Waals surface area contributed by atoms with E-state index in [4.69, 9.17) is 8.60 Å². The fourth-order valence-corrected chi connectivity index (χ4v) is 9.78.